The quantitative estimate of drug-likeness (QED) is 0.725. The fourth-order valence-electron chi connectivity index (χ4n) is 2.50. The van der Waals surface area contributed by atoms with Crippen molar-refractivity contribution < 1.29 is 14.3 Å². The zero-order valence-electron chi connectivity index (χ0n) is 10.9. The van der Waals surface area contributed by atoms with Crippen LogP contribution in [0, 0.1) is 5.92 Å². The number of carbonyl (C=O) groups is 1. The van der Waals surface area contributed by atoms with E-state index in [1.807, 2.05) is 12.1 Å². The minimum atomic E-state index is 0.515. The summed E-state index contributed by atoms with van der Waals surface area (Å²) in [4.78, 5) is 10.8. The van der Waals surface area contributed by atoms with E-state index in [0.717, 1.165) is 24.2 Å². The lowest BCUT2D eigenvalue weighted by atomic mass is 10.1. The van der Waals surface area contributed by atoms with Crippen molar-refractivity contribution in [3.8, 4) is 5.75 Å². The smallest absolute Gasteiger partial charge is 0.150 e. The van der Waals surface area contributed by atoms with Crippen LogP contribution < -0.4 is 4.74 Å². The molecule has 3 nitrogen and oxygen atoms in total. The fourth-order valence-corrected chi connectivity index (χ4v) is 2.50. The molecule has 3 heteroatoms. The van der Waals surface area contributed by atoms with Crippen molar-refractivity contribution in [2.24, 2.45) is 5.92 Å². The second-order valence-electron chi connectivity index (χ2n) is 4.85. The molecule has 1 aliphatic carbocycles. The zero-order chi connectivity index (χ0) is 12.8. The maximum Gasteiger partial charge on any atom is 0.150 e. The minimum absolute atomic E-state index is 0.515. The molecule has 0 radical (unpaired) electrons. The van der Waals surface area contributed by atoms with Gasteiger partial charge in [0.2, 0.25) is 0 Å². The van der Waals surface area contributed by atoms with Crippen molar-refractivity contribution in [2.75, 3.05) is 13.7 Å². The van der Waals surface area contributed by atoms with Crippen molar-refractivity contribution in [1.82, 2.24) is 0 Å². The third-order valence-corrected chi connectivity index (χ3v) is 3.53. The predicted molar refractivity (Wildman–Crippen MR) is 70.0 cm³/mol. The number of rotatable bonds is 6. The van der Waals surface area contributed by atoms with E-state index in [1.54, 1.807) is 13.2 Å². The van der Waals surface area contributed by atoms with Gasteiger partial charge in [0, 0.05) is 17.7 Å². The molecule has 0 unspecified atom stereocenters. The number of aldehydes is 1. The van der Waals surface area contributed by atoms with Gasteiger partial charge in [0.15, 0.2) is 0 Å². The van der Waals surface area contributed by atoms with Gasteiger partial charge in [0.05, 0.1) is 13.7 Å². The Bertz CT molecular complexity index is 395. The summed E-state index contributed by atoms with van der Waals surface area (Å²) in [7, 11) is 1.64. The molecule has 0 spiro atoms. The van der Waals surface area contributed by atoms with Gasteiger partial charge in [-0.05, 0) is 37.0 Å². The van der Waals surface area contributed by atoms with E-state index in [4.69, 9.17) is 9.47 Å². The molecule has 18 heavy (non-hydrogen) atoms. The SMILES string of the molecule is COc1ccc(C=O)cc1COCC1CCCC1. The highest BCUT2D eigenvalue weighted by molar-refractivity contribution is 5.75. The molecule has 98 valence electrons. The molecular formula is C15H20O3. The van der Waals surface area contributed by atoms with E-state index in [0.29, 0.717) is 18.1 Å². The second kappa shape index (κ2) is 6.55. The predicted octanol–water partition coefficient (Wildman–Crippen LogP) is 3.21. The Kier molecular flexibility index (Phi) is 4.76. The van der Waals surface area contributed by atoms with Gasteiger partial charge in [-0.1, -0.05) is 12.8 Å². The summed E-state index contributed by atoms with van der Waals surface area (Å²) in [6.07, 6.45) is 6.08. The molecule has 1 aliphatic rings. The summed E-state index contributed by atoms with van der Waals surface area (Å²) in [6.45, 7) is 1.33. The number of benzene rings is 1. The van der Waals surface area contributed by atoms with Crippen LogP contribution in [0.15, 0.2) is 18.2 Å². The second-order valence-corrected chi connectivity index (χ2v) is 4.85. The Labute approximate surface area is 108 Å². The van der Waals surface area contributed by atoms with E-state index >= 15 is 0 Å². The van der Waals surface area contributed by atoms with Gasteiger partial charge >= 0.3 is 0 Å². The third-order valence-electron chi connectivity index (χ3n) is 3.53. The highest BCUT2D eigenvalue weighted by atomic mass is 16.5. The first-order valence-electron chi connectivity index (χ1n) is 6.53. The number of carbonyl (C=O) groups excluding carboxylic acids is 1. The van der Waals surface area contributed by atoms with Crippen LogP contribution in [0.5, 0.6) is 5.75 Å². The molecule has 1 aromatic rings. The molecule has 0 bridgehead atoms. The molecule has 0 amide bonds. The van der Waals surface area contributed by atoms with Gasteiger partial charge in [0.1, 0.15) is 12.0 Å². The van der Waals surface area contributed by atoms with Gasteiger partial charge in [0.25, 0.3) is 0 Å². The lowest BCUT2D eigenvalue weighted by Gasteiger charge is -2.12. The van der Waals surface area contributed by atoms with Crippen molar-refractivity contribution in [2.45, 2.75) is 32.3 Å². The lowest BCUT2D eigenvalue weighted by Crippen LogP contribution is -2.06. The number of hydrogen-bond acceptors (Lipinski definition) is 3. The monoisotopic (exact) mass is 248 g/mol. The molecule has 1 fully saturated rings. The average Bonchev–Trinajstić information content (AvgIpc) is 2.92. The Morgan fingerprint density at radius 3 is 2.78 bits per heavy atom. The van der Waals surface area contributed by atoms with E-state index in [-0.39, 0.29) is 0 Å². The highest BCUT2D eigenvalue weighted by Crippen LogP contribution is 2.26. The highest BCUT2D eigenvalue weighted by Gasteiger charge is 2.15. The first kappa shape index (κ1) is 13.1. The fraction of sp³-hybridized carbons (Fsp3) is 0.533. The molecule has 1 aromatic carbocycles. The van der Waals surface area contributed by atoms with Crippen molar-refractivity contribution in [3.05, 3.63) is 29.3 Å². The zero-order valence-corrected chi connectivity index (χ0v) is 10.9. The maximum atomic E-state index is 10.8. The number of hydrogen-bond donors (Lipinski definition) is 0. The molecule has 0 atom stereocenters. The average molecular weight is 248 g/mol. The van der Waals surface area contributed by atoms with Crippen LogP contribution in [0.4, 0.5) is 0 Å². The summed E-state index contributed by atoms with van der Waals surface area (Å²) < 4.78 is 11.0. The van der Waals surface area contributed by atoms with E-state index in [1.165, 1.54) is 25.7 Å². The molecular weight excluding hydrogens is 228 g/mol. The van der Waals surface area contributed by atoms with Crippen LogP contribution in [-0.2, 0) is 11.3 Å². The van der Waals surface area contributed by atoms with E-state index < -0.39 is 0 Å². The molecule has 0 heterocycles. The Morgan fingerprint density at radius 2 is 2.11 bits per heavy atom. The normalized spacial score (nSPS) is 15.8. The summed E-state index contributed by atoms with van der Waals surface area (Å²) in [5.41, 5.74) is 1.61. The molecule has 0 aromatic heterocycles. The first-order chi connectivity index (χ1) is 8.83. The van der Waals surface area contributed by atoms with Crippen LogP contribution in [0.1, 0.15) is 41.6 Å². The molecule has 2 rings (SSSR count). The van der Waals surface area contributed by atoms with Crippen LogP contribution in [0.2, 0.25) is 0 Å². The van der Waals surface area contributed by atoms with Gasteiger partial charge in [-0.25, -0.2) is 0 Å². The minimum Gasteiger partial charge on any atom is -0.496 e. The van der Waals surface area contributed by atoms with Crippen LogP contribution in [-0.4, -0.2) is 20.0 Å². The van der Waals surface area contributed by atoms with Gasteiger partial charge in [-0.2, -0.15) is 0 Å². The van der Waals surface area contributed by atoms with Crippen LogP contribution in [0.3, 0.4) is 0 Å². The topological polar surface area (TPSA) is 35.5 Å². The Morgan fingerprint density at radius 1 is 1.33 bits per heavy atom. The lowest BCUT2D eigenvalue weighted by molar-refractivity contribution is 0.0874. The Balaban J connectivity index is 1.91. The molecule has 0 N–H and O–H groups in total. The summed E-state index contributed by atoms with van der Waals surface area (Å²) in [5.74, 6) is 1.50. The first-order valence-corrected chi connectivity index (χ1v) is 6.53. The standard InChI is InChI=1S/C15H20O3/c1-17-15-7-6-13(9-16)8-14(15)11-18-10-12-4-2-3-5-12/h6-9,12H,2-5,10-11H2,1H3. The van der Waals surface area contributed by atoms with Crippen molar-refractivity contribution >= 4 is 6.29 Å². The van der Waals surface area contributed by atoms with Crippen molar-refractivity contribution in [3.63, 3.8) is 0 Å². The van der Waals surface area contributed by atoms with E-state index in [9.17, 15) is 4.79 Å². The van der Waals surface area contributed by atoms with Gasteiger partial charge in [-0.3, -0.25) is 4.79 Å². The van der Waals surface area contributed by atoms with E-state index in [2.05, 4.69) is 0 Å². The molecule has 0 aliphatic heterocycles. The summed E-state index contributed by atoms with van der Waals surface area (Å²) >= 11 is 0. The van der Waals surface area contributed by atoms with Crippen LogP contribution in [0.25, 0.3) is 0 Å². The number of methoxy groups -OCH3 is 1. The number of ether oxygens (including phenoxy) is 2. The Hall–Kier alpha value is -1.35. The largest absolute Gasteiger partial charge is 0.496 e. The molecule has 1 saturated carbocycles. The van der Waals surface area contributed by atoms with Gasteiger partial charge < -0.3 is 9.47 Å². The van der Waals surface area contributed by atoms with Gasteiger partial charge in [-0.15, -0.1) is 0 Å². The maximum absolute atomic E-state index is 10.8. The molecule has 0 saturated heterocycles. The van der Waals surface area contributed by atoms with Crippen LogP contribution >= 0.6 is 0 Å². The van der Waals surface area contributed by atoms with Crippen molar-refractivity contribution in [1.29, 1.82) is 0 Å². The third kappa shape index (κ3) is 3.33. The summed E-state index contributed by atoms with van der Waals surface area (Å²) in [5, 5.41) is 0. The summed E-state index contributed by atoms with van der Waals surface area (Å²) in [6, 6.07) is 5.41.